The van der Waals surface area contributed by atoms with E-state index < -0.39 is 0 Å². The van der Waals surface area contributed by atoms with Gasteiger partial charge >= 0.3 is 6.03 Å². The zero-order chi connectivity index (χ0) is 16.8. The van der Waals surface area contributed by atoms with Gasteiger partial charge in [-0.05, 0) is 41.4 Å². The van der Waals surface area contributed by atoms with Crippen LogP contribution in [0.25, 0.3) is 0 Å². The van der Waals surface area contributed by atoms with E-state index in [0.717, 1.165) is 43.2 Å². The van der Waals surface area contributed by atoms with Crippen LogP contribution in [0, 0.1) is 0 Å². The van der Waals surface area contributed by atoms with Crippen LogP contribution in [-0.2, 0) is 6.54 Å². The number of carbonyl (C=O) groups excluding carboxylic acids is 1. The lowest BCUT2D eigenvalue weighted by molar-refractivity contribution is 0.194. The highest BCUT2D eigenvalue weighted by Gasteiger charge is 2.22. The smallest absolute Gasteiger partial charge is 0.317 e. The fourth-order valence-electron chi connectivity index (χ4n) is 2.83. The van der Waals surface area contributed by atoms with Gasteiger partial charge in [0.15, 0.2) is 0 Å². The Labute approximate surface area is 146 Å². The topological polar surface area (TPSA) is 44.8 Å². The molecule has 1 N–H and O–H groups in total. The number of urea groups is 1. The highest BCUT2D eigenvalue weighted by atomic mass is 32.1. The summed E-state index contributed by atoms with van der Waals surface area (Å²) in [5.41, 5.74) is 2.26. The molecule has 0 spiro atoms. The van der Waals surface area contributed by atoms with Gasteiger partial charge < -0.3 is 19.9 Å². The fraction of sp³-hybridized carbons (Fsp3) is 0.389. The molecule has 0 saturated carbocycles. The molecule has 3 rings (SSSR count). The normalized spacial score (nSPS) is 14.5. The third-order valence-electron chi connectivity index (χ3n) is 4.10. The molecule has 1 aliphatic rings. The van der Waals surface area contributed by atoms with E-state index in [4.69, 9.17) is 4.74 Å². The first-order valence-corrected chi connectivity index (χ1v) is 9.23. The monoisotopic (exact) mass is 345 g/mol. The molecule has 1 aromatic carbocycles. The average molecular weight is 345 g/mol. The van der Waals surface area contributed by atoms with E-state index in [-0.39, 0.29) is 6.03 Å². The molecule has 0 aliphatic carbocycles. The Hall–Kier alpha value is -2.21. The lowest BCUT2D eigenvalue weighted by Gasteiger charge is -2.36. The number of benzene rings is 1. The van der Waals surface area contributed by atoms with Gasteiger partial charge in [0.1, 0.15) is 5.75 Å². The SMILES string of the molecule is CCOc1ccccc1N1CCN(C(=O)NCc2ccsc2)CC1. The maximum atomic E-state index is 12.3. The molecular formula is C18H23N3O2S. The van der Waals surface area contributed by atoms with Crippen LogP contribution in [-0.4, -0.2) is 43.7 Å². The summed E-state index contributed by atoms with van der Waals surface area (Å²) in [5.74, 6) is 0.912. The van der Waals surface area contributed by atoms with Crippen molar-refractivity contribution in [2.24, 2.45) is 0 Å². The first-order chi connectivity index (χ1) is 11.8. The fourth-order valence-corrected chi connectivity index (χ4v) is 3.50. The zero-order valence-corrected chi connectivity index (χ0v) is 14.7. The van der Waals surface area contributed by atoms with Crippen molar-refractivity contribution in [1.29, 1.82) is 0 Å². The molecule has 0 radical (unpaired) electrons. The van der Waals surface area contributed by atoms with E-state index in [1.54, 1.807) is 11.3 Å². The van der Waals surface area contributed by atoms with Gasteiger partial charge in [-0.15, -0.1) is 0 Å². The number of thiophene rings is 1. The Kier molecular flexibility index (Phi) is 5.59. The Bertz CT molecular complexity index is 652. The van der Waals surface area contributed by atoms with Gasteiger partial charge in [0.25, 0.3) is 0 Å². The number of rotatable bonds is 5. The molecule has 128 valence electrons. The minimum atomic E-state index is 0.0129. The maximum Gasteiger partial charge on any atom is 0.317 e. The van der Waals surface area contributed by atoms with Crippen molar-refractivity contribution in [3.8, 4) is 5.75 Å². The number of nitrogens with zero attached hydrogens (tertiary/aromatic N) is 2. The molecule has 2 heterocycles. The molecule has 24 heavy (non-hydrogen) atoms. The van der Waals surface area contributed by atoms with E-state index in [1.807, 2.05) is 41.5 Å². The third kappa shape index (κ3) is 4.00. The van der Waals surface area contributed by atoms with E-state index in [9.17, 15) is 4.79 Å². The first-order valence-electron chi connectivity index (χ1n) is 8.28. The lowest BCUT2D eigenvalue weighted by atomic mass is 10.2. The second kappa shape index (κ2) is 8.06. The number of ether oxygens (including phenoxy) is 1. The summed E-state index contributed by atoms with van der Waals surface area (Å²) in [6.45, 7) is 6.31. The van der Waals surface area contributed by atoms with Crippen LogP contribution < -0.4 is 15.0 Å². The number of piperazine rings is 1. The van der Waals surface area contributed by atoms with Gasteiger partial charge in [-0.25, -0.2) is 4.79 Å². The van der Waals surface area contributed by atoms with Crippen molar-refractivity contribution < 1.29 is 9.53 Å². The van der Waals surface area contributed by atoms with Gasteiger partial charge in [-0.1, -0.05) is 12.1 Å². The van der Waals surface area contributed by atoms with Crippen LogP contribution in [0.5, 0.6) is 5.75 Å². The van der Waals surface area contributed by atoms with Gasteiger partial charge in [0.2, 0.25) is 0 Å². The minimum absolute atomic E-state index is 0.0129. The van der Waals surface area contributed by atoms with Crippen LogP contribution in [0.2, 0.25) is 0 Å². The standard InChI is InChI=1S/C18H23N3O2S/c1-2-23-17-6-4-3-5-16(17)20-8-10-21(11-9-20)18(22)19-13-15-7-12-24-14-15/h3-7,12,14H,2,8-11,13H2,1H3,(H,19,22). The van der Waals surface area contributed by atoms with Crippen LogP contribution in [0.15, 0.2) is 41.1 Å². The molecule has 1 aliphatic heterocycles. The number of carbonyl (C=O) groups is 1. The van der Waals surface area contributed by atoms with Crippen molar-refractivity contribution in [3.05, 3.63) is 46.7 Å². The van der Waals surface area contributed by atoms with E-state index in [2.05, 4.69) is 21.7 Å². The Balaban J connectivity index is 1.53. The molecule has 0 bridgehead atoms. The number of hydrogen-bond acceptors (Lipinski definition) is 4. The van der Waals surface area contributed by atoms with Crippen LogP contribution in [0.1, 0.15) is 12.5 Å². The minimum Gasteiger partial charge on any atom is -0.492 e. The molecule has 0 atom stereocenters. The quantitative estimate of drug-likeness (QED) is 0.905. The Morgan fingerprint density at radius 2 is 2.00 bits per heavy atom. The summed E-state index contributed by atoms with van der Waals surface area (Å²) in [5, 5.41) is 7.07. The van der Waals surface area contributed by atoms with Gasteiger partial charge in [0.05, 0.1) is 12.3 Å². The van der Waals surface area contributed by atoms with Crippen molar-refractivity contribution >= 4 is 23.1 Å². The first kappa shape index (κ1) is 16.6. The van der Waals surface area contributed by atoms with Gasteiger partial charge in [0, 0.05) is 32.7 Å². The number of nitrogens with one attached hydrogen (secondary N) is 1. The molecule has 2 amide bonds. The predicted octanol–water partition coefficient (Wildman–Crippen LogP) is 3.18. The molecule has 6 heteroatoms. The summed E-state index contributed by atoms with van der Waals surface area (Å²) in [7, 11) is 0. The van der Waals surface area contributed by atoms with E-state index >= 15 is 0 Å². The molecule has 1 aromatic heterocycles. The molecular weight excluding hydrogens is 322 g/mol. The van der Waals surface area contributed by atoms with Crippen LogP contribution >= 0.6 is 11.3 Å². The number of anilines is 1. The average Bonchev–Trinajstić information content (AvgIpc) is 3.14. The van der Waals surface area contributed by atoms with E-state index in [1.165, 1.54) is 0 Å². The Morgan fingerprint density at radius 3 is 2.71 bits per heavy atom. The van der Waals surface area contributed by atoms with E-state index in [0.29, 0.717) is 13.2 Å². The largest absolute Gasteiger partial charge is 0.492 e. The maximum absolute atomic E-state index is 12.3. The van der Waals surface area contributed by atoms with Crippen LogP contribution in [0.4, 0.5) is 10.5 Å². The van der Waals surface area contributed by atoms with Crippen LogP contribution in [0.3, 0.4) is 0 Å². The number of para-hydroxylation sites is 2. The molecule has 1 fully saturated rings. The molecule has 0 unspecified atom stereocenters. The highest BCUT2D eigenvalue weighted by Crippen LogP contribution is 2.28. The summed E-state index contributed by atoms with van der Waals surface area (Å²) in [4.78, 5) is 16.4. The predicted molar refractivity (Wildman–Crippen MR) is 98.0 cm³/mol. The Morgan fingerprint density at radius 1 is 1.21 bits per heavy atom. The number of hydrogen-bond donors (Lipinski definition) is 1. The summed E-state index contributed by atoms with van der Waals surface area (Å²) < 4.78 is 5.71. The van der Waals surface area contributed by atoms with Crippen molar-refractivity contribution in [1.82, 2.24) is 10.2 Å². The highest BCUT2D eigenvalue weighted by molar-refractivity contribution is 7.07. The van der Waals surface area contributed by atoms with Gasteiger partial charge in [-0.2, -0.15) is 11.3 Å². The second-order valence-electron chi connectivity index (χ2n) is 5.67. The van der Waals surface area contributed by atoms with Crippen molar-refractivity contribution in [3.63, 3.8) is 0 Å². The summed E-state index contributed by atoms with van der Waals surface area (Å²) >= 11 is 1.65. The van der Waals surface area contributed by atoms with Crippen molar-refractivity contribution in [2.75, 3.05) is 37.7 Å². The molecule has 2 aromatic rings. The van der Waals surface area contributed by atoms with Crippen molar-refractivity contribution in [2.45, 2.75) is 13.5 Å². The van der Waals surface area contributed by atoms with Gasteiger partial charge in [-0.3, -0.25) is 0 Å². The lowest BCUT2D eigenvalue weighted by Crippen LogP contribution is -2.51. The summed E-state index contributed by atoms with van der Waals surface area (Å²) in [6.07, 6.45) is 0. The molecule has 5 nitrogen and oxygen atoms in total. The zero-order valence-electron chi connectivity index (χ0n) is 13.9. The summed E-state index contributed by atoms with van der Waals surface area (Å²) in [6, 6.07) is 10.1. The second-order valence-corrected chi connectivity index (χ2v) is 6.45. The number of amides is 2. The third-order valence-corrected chi connectivity index (χ3v) is 4.83. The molecule has 1 saturated heterocycles.